The lowest BCUT2D eigenvalue weighted by molar-refractivity contribution is -0.137. The molecule has 0 spiro atoms. The van der Waals surface area contributed by atoms with Crippen LogP contribution in [-0.4, -0.2) is 36.0 Å². The van der Waals surface area contributed by atoms with E-state index in [-0.39, 0.29) is 31.2 Å². The predicted octanol–water partition coefficient (Wildman–Crippen LogP) is 1.18. The Morgan fingerprint density at radius 1 is 0.905 bits per heavy atom. The van der Waals surface area contributed by atoms with Gasteiger partial charge in [0.2, 0.25) is 5.91 Å². The van der Waals surface area contributed by atoms with Gasteiger partial charge in [-0.05, 0) is 25.0 Å². The number of rotatable bonds is 9. The zero-order chi connectivity index (χ0) is 15.5. The summed E-state index contributed by atoms with van der Waals surface area (Å²) < 4.78 is 0. The molecule has 1 rings (SSSR count). The topological polar surface area (TPSA) is 95.5 Å². The maximum atomic E-state index is 11.7. The molecule has 0 aromatic heterocycles. The molecule has 3 N–H and O–H groups in total. The number of carbonyl (C=O) groups excluding carboxylic acids is 2. The van der Waals surface area contributed by atoms with Crippen molar-refractivity contribution in [2.75, 3.05) is 13.1 Å². The molecule has 6 nitrogen and oxygen atoms in total. The zero-order valence-corrected chi connectivity index (χ0v) is 11.8. The molecule has 0 saturated heterocycles. The highest BCUT2D eigenvalue weighted by molar-refractivity contribution is 5.94. The molecular formula is C15H20N2O4. The molecular weight excluding hydrogens is 272 g/mol. The van der Waals surface area contributed by atoms with E-state index in [0.717, 1.165) is 0 Å². The van der Waals surface area contributed by atoms with Gasteiger partial charge in [0.25, 0.3) is 5.91 Å². The largest absolute Gasteiger partial charge is 0.481 e. The van der Waals surface area contributed by atoms with Crippen molar-refractivity contribution in [3.63, 3.8) is 0 Å². The molecule has 1 aromatic rings. The number of carbonyl (C=O) groups is 3. The van der Waals surface area contributed by atoms with Gasteiger partial charge in [0, 0.05) is 31.5 Å². The summed E-state index contributed by atoms with van der Waals surface area (Å²) in [6.45, 7) is 0.730. The van der Waals surface area contributed by atoms with Crippen molar-refractivity contribution >= 4 is 17.8 Å². The summed E-state index contributed by atoms with van der Waals surface area (Å²) in [6, 6.07) is 8.79. The number of hydrogen-bond donors (Lipinski definition) is 3. The minimum Gasteiger partial charge on any atom is -0.481 e. The van der Waals surface area contributed by atoms with Crippen LogP contribution in [0, 0.1) is 0 Å². The Morgan fingerprint density at radius 3 is 2.29 bits per heavy atom. The second kappa shape index (κ2) is 9.52. The normalized spacial score (nSPS) is 9.90. The van der Waals surface area contributed by atoms with Crippen LogP contribution >= 0.6 is 0 Å². The van der Waals surface area contributed by atoms with Gasteiger partial charge >= 0.3 is 5.97 Å². The molecule has 2 amide bonds. The Hall–Kier alpha value is -2.37. The summed E-state index contributed by atoms with van der Waals surface area (Å²) >= 11 is 0. The number of aliphatic carboxylic acids is 1. The fourth-order valence-electron chi connectivity index (χ4n) is 1.70. The van der Waals surface area contributed by atoms with E-state index in [1.807, 2.05) is 6.07 Å². The third kappa shape index (κ3) is 7.71. The average molecular weight is 292 g/mol. The number of amides is 2. The van der Waals surface area contributed by atoms with Gasteiger partial charge in [0.1, 0.15) is 0 Å². The lowest BCUT2D eigenvalue weighted by Gasteiger charge is -2.06. The van der Waals surface area contributed by atoms with E-state index in [4.69, 9.17) is 5.11 Å². The van der Waals surface area contributed by atoms with E-state index in [2.05, 4.69) is 10.6 Å². The zero-order valence-electron chi connectivity index (χ0n) is 11.8. The third-order valence-corrected chi connectivity index (χ3v) is 2.81. The number of hydrogen-bond acceptors (Lipinski definition) is 3. The fourth-order valence-corrected chi connectivity index (χ4v) is 1.70. The molecule has 0 atom stereocenters. The van der Waals surface area contributed by atoms with Gasteiger partial charge in [-0.1, -0.05) is 18.2 Å². The van der Waals surface area contributed by atoms with Gasteiger partial charge in [0.15, 0.2) is 0 Å². The standard InChI is InChI=1S/C15H20N2O4/c18-13(16-10-5-4-8-14(19)20)9-11-17-15(21)12-6-2-1-3-7-12/h1-3,6-7H,4-5,8-11H2,(H,16,18)(H,17,21)(H,19,20). The minimum absolute atomic E-state index is 0.114. The van der Waals surface area contributed by atoms with Crippen molar-refractivity contribution in [3.8, 4) is 0 Å². The van der Waals surface area contributed by atoms with Crippen LogP contribution < -0.4 is 10.6 Å². The van der Waals surface area contributed by atoms with Gasteiger partial charge in [-0.2, -0.15) is 0 Å². The highest BCUT2D eigenvalue weighted by Crippen LogP contribution is 1.97. The molecule has 0 aliphatic rings. The molecule has 0 saturated carbocycles. The highest BCUT2D eigenvalue weighted by Gasteiger charge is 2.05. The molecule has 0 fully saturated rings. The molecule has 6 heteroatoms. The summed E-state index contributed by atoms with van der Waals surface area (Å²) in [6.07, 6.45) is 1.50. The van der Waals surface area contributed by atoms with Crippen LogP contribution in [0.3, 0.4) is 0 Å². The van der Waals surface area contributed by atoms with Gasteiger partial charge in [-0.3, -0.25) is 14.4 Å². The number of nitrogens with one attached hydrogen (secondary N) is 2. The van der Waals surface area contributed by atoms with E-state index in [1.54, 1.807) is 24.3 Å². The van der Waals surface area contributed by atoms with Crippen LogP contribution in [0.4, 0.5) is 0 Å². The van der Waals surface area contributed by atoms with Gasteiger partial charge in [-0.25, -0.2) is 0 Å². The second-order valence-corrected chi connectivity index (χ2v) is 4.57. The molecule has 0 radical (unpaired) electrons. The summed E-state index contributed by atoms with van der Waals surface area (Å²) in [7, 11) is 0. The second-order valence-electron chi connectivity index (χ2n) is 4.57. The van der Waals surface area contributed by atoms with E-state index in [1.165, 1.54) is 0 Å². The van der Waals surface area contributed by atoms with Crippen molar-refractivity contribution in [2.45, 2.75) is 25.7 Å². The first kappa shape index (κ1) is 16.7. The predicted molar refractivity (Wildman–Crippen MR) is 77.9 cm³/mol. The first-order valence-corrected chi connectivity index (χ1v) is 6.91. The van der Waals surface area contributed by atoms with Crippen molar-refractivity contribution < 1.29 is 19.5 Å². The van der Waals surface area contributed by atoms with Gasteiger partial charge in [-0.15, -0.1) is 0 Å². The molecule has 0 aliphatic carbocycles. The maximum Gasteiger partial charge on any atom is 0.303 e. The monoisotopic (exact) mass is 292 g/mol. The highest BCUT2D eigenvalue weighted by atomic mass is 16.4. The van der Waals surface area contributed by atoms with Crippen molar-refractivity contribution in [1.29, 1.82) is 0 Å². The molecule has 0 aliphatic heterocycles. The Bertz CT molecular complexity index is 474. The lowest BCUT2D eigenvalue weighted by Crippen LogP contribution is -2.31. The van der Waals surface area contributed by atoms with Crippen LogP contribution in [0.2, 0.25) is 0 Å². The molecule has 21 heavy (non-hydrogen) atoms. The van der Waals surface area contributed by atoms with Crippen LogP contribution in [0.1, 0.15) is 36.0 Å². The Balaban J connectivity index is 2.08. The van der Waals surface area contributed by atoms with Crippen molar-refractivity contribution in [3.05, 3.63) is 35.9 Å². The number of carboxylic acid groups (broad SMARTS) is 1. The molecule has 1 aromatic carbocycles. The summed E-state index contributed by atoms with van der Waals surface area (Å²) in [5.74, 6) is -1.19. The van der Waals surface area contributed by atoms with E-state index in [9.17, 15) is 14.4 Å². The third-order valence-electron chi connectivity index (χ3n) is 2.81. The molecule has 0 heterocycles. The lowest BCUT2D eigenvalue weighted by atomic mass is 10.2. The fraction of sp³-hybridized carbons (Fsp3) is 0.400. The number of carboxylic acids is 1. The minimum atomic E-state index is -0.829. The summed E-state index contributed by atoms with van der Waals surface area (Å²) in [5, 5.41) is 13.8. The smallest absolute Gasteiger partial charge is 0.303 e. The van der Waals surface area contributed by atoms with Gasteiger partial charge in [0.05, 0.1) is 0 Å². The molecule has 0 unspecified atom stereocenters. The SMILES string of the molecule is O=C(O)CCCCNC(=O)CCNC(=O)c1ccccc1. The summed E-state index contributed by atoms with van der Waals surface area (Å²) in [4.78, 5) is 33.5. The Kier molecular flexibility index (Phi) is 7.56. The number of benzene rings is 1. The summed E-state index contributed by atoms with van der Waals surface area (Å²) in [5.41, 5.74) is 0.562. The quantitative estimate of drug-likeness (QED) is 0.595. The van der Waals surface area contributed by atoms with Crippen LogP contribution in [0.5, 0.6) is 0 Å². The number of unbranched alkanes of at least 4 members (excludes halogenated alkanes) is 1. The first-order chi connectivity index (χ1) is 10.1. The van der Waals surface area contributed by atoms with E-state index < -0.39 is 5.97 Å². The Labute approximate surface area is 123 Å². The van der Waals surface area contributed by atoms with Crippen molar-refractivity contribution in [1.82, 2.24) is 10.6 Å². The van der Waals surface area contributed by atoms with Crippen LogP contribution in [0.25, 0.3) is 0 Å². The first-order valence-electron chi connectivity index (χ1n) is 6.91. The van der Waals surface area contributed by atoms with Crippen LogP contribution in [0.15, 0.2) is 30.3 Å². The maximum absolute atomic E-state index is 11.7. The average Bonchev–Trinajstić information content (AvgIpc) is 2.47. The molecule has 0 bridgehead atoms. The molecule has 114 valence electrons. The van der Waals surface area contributed by atoms with Crippen molar-refractivity contribution in [2.24, 2.45) is 0 Å². The van der Waals surface area contributed by atoms with E-state index in [0.29, 0.717) is 24.9 Å². The Morgan fingerprint density at radius 2 is 1.62 bits per heavy atom. The van der Waals surface area contributed by atoms with Gasteiger partial charge < -0.3 is 15.7 Å². The van der Waals surface area contributed by atoms with Crippen LogP contribution in [-0.2, 0) is 9.59 Å². The van der Waals surface area contributed by atoms with E-state index >= 15 is 0 Å².